The Bertz CT molecular complexity index is 915. The number of benzene rings is 1. The second-order valence-corrected chi connectivity index (χ2v) is 7.15. The van der Waals surface area contributed by atoms with Crippen molar-refractivity contribution in [2.75, 3.05) is 33.3 Å². The van der Waals surface area contributed by atoms with Gasteiger partial charge in [-0.05, 0) is 37.0 Å². The van der Waals surface area contributed by atoms with Crippen LogP contribution in [0.3, 0.4) is 0 Å². The molecule has 1 fully saturated rings. The number of hydrogen-bond acceptors (Lipinski definition) is 5. The molecule has 1 aliphatic heterocycles. The number of aryl methyl sites for hydroxylation is 3. The van der Waals surface area contributed by atoms with E-state index in [1.807, 2.05) is 18.2 Å². The highest BCUT2D eigenvalue weighted by molar-refractivity contribution is 5.95. The van der Waals surface area contributed by atoms with Gasteiger partial charge in [0.25, 0.3) is 5.91 Å². The summed E-state index contributed by atoms with van der Waals surface area (Å²) >= 11 is 0. The van der Waals surface area contributed by atoms with Gasteiger partial charge in [-0.25, -0.2) is 9.59 Å². The number of rotatable bonds is 5. The van der Waals surface area contributed by atoms with Crippen molar-refractivity contribution in [2.24, 2.45) is 0 Å². The molecule has 1 aromatic heterocycles. The third kappa shape index (κ3) is 5.04. The second-order valence-electron chi connectivity index (χ2n) is 7.15. The summed E-state index contributed by atoms with van der Waals surface area (Å²) < 4.78 is 10.1. The minimum absolute atomic E-state index is 0.0725. The van der Waals surface area contributed by atoms with Crippen LogP contribution in [0.15, 0.2) is 45.6 Å². The molecule has 7 heteroatoms. The van der Waals surface area contributed by atoms with Crippen molar-refractivity contribution in [1.29, 1.82) is 0 Å². The molecule has 1 aliphatic rings. The fraction of sp³-hybridized carbons (Fsp3) is 0.409. The summed E-state index contributed by atoms with van der Waals surface area (Å²) in [6, 6.07) is 11.9. The lowest BCUT2D eigenvalue weighted by Crippen LogP contribution is -2.51. The van der Waals surface area contributed by atoms with E-state index in [1.165, 1.54) is 17.6 Å². The molecule has 7 nitrogen and oxygen atoms in total. The highest BCUT2D eigenvalue weighted by atomic mass is 16.5. The Labute approximate surface area is 169 Å². The molecule has 3 rings (SSSR count). The lowest BCUT2D eigenvalue weighted by Gasteiger charge is -2.33. The molecule has 29 heavy (non-hydrogen) atoms. The fourth-order valence-corrected chi connectivity index (χ4v) is 3.54. The van der Waals surface area contributed by atoms with Gasteiger partial charge in [0.1, 0.15) is 11.3 Å². The predicted octanol–water partition coefficient (Wildman–Crippen LogP) is 2.65. The van der Waals surface area contributed by atoms with Crippen molar-refractivity contribution in [3.63, 3.8) is 0 Å². The van der Waals surface area contributed by atoms with E-state index < -0.39 is 11.7 Å². The van der Waals surface area contributed by atoms with E-state index in [1.54, 1.807) is 17.9 Å². The summed E-state index contributed by atoms with van der Waals surface area (Å²) in [5.74, 6) is 0.243. The average molecular weight is 398 g/mol. The Morgan fingerprint density at radius 3 is 2.31 bits per heavy atom. The van der Waals surface area contributed by atoms with E-state index in [-0.39, 0.29) is 11.5 Å². The monoisotopic (exact) mass is 398 g/mol. The summed E-state index contributed by atoms with van der Waals surface area (Å²) in [6.45, 7) is 3.22. The number of carbonyl (C=O) groups excluding carboxylic acids is 2. The van der Waals surface area contributed by atoms with Crippen LogP contribution in [0.25, 0.3) is 0 Å². The van der Waals surface area contributed by atoms with Crippen LogP contribution in [-0.2, 0) is 17.6 Å². The van der Waals surface area contributed by atoms with Crippen LogP contribution in [0.2, 0.25) is 0 Å². The van der Waals surface area contributed by atoms with Gasteiger partial charge in [0.2, 0.25) is 0 Å². The Kier molecular flexibility index (Phi) is 6.69. The van der Waals surface area contributed by atoms with Gasteiger partial charge in [-0.1, -0.05) is 30.3 Å². The van der Waals surface area contributed by atoms with Gasteiger partial charge in [0.15, 0.2) is 0 Å². The number of carbonyl (C=O) groups is 2. The topological polar surface area (TPSA) is 80.1 Å². The third-order valence-electron chi connectivity index (χ3n) is 5.14. The first kappa shape index (κ1) is 20.6. The molecule has 1 saturated heterocycles. The zero-order valence-electron chi connectivity index (χ0n) is 16.8. The summed E-state index contributed by atoms with van der Waals surface area (Å²) in [4.78, 5) is 40.0. The van der Waals surface area contributed by atoms with Gasteiger partial charge in [0, 0.05) is 32.6 Å². The lowest BCUT2D eigenvalue weighted by molar-refractivity contribution is 0.0594. The molecule has 0 radical (unpaired) electrons. The van der Waals surface area contributed by atoms with Gasteiger partial charge < -0.3 is 19.0 Å². The van der Waals surface area contributed by atoms with E-state index in [9.17, 15) is 14.4 Å². The van der Waals surface area contributed by atoms with Gasteiger partial charge in [-0.3, -0.25) is 4.79 Å². The minimum Gasteiger partial charge on any atom is -0.453 e. The smallest absolute Gasteiger partial charge is 0.409 e. The maximum absolute atomic E-state index is 12.8. The molecule has 154 valence electrons. The number of ether oxygens (including phenoxy) is 1. The second kappa shape index (κ2) is 9.41. The maximum atomic E-state index is 12.8. The van der Waals surface area contributed by atoms with Crippen LogP contribution < -0.4 is 5.63 Å². The molecule has 0 N–H and O–H groups in total. The number of hydrogen-bond donors (Lipinski definition) is 0. The summed E-state index contributed by atoms with van der Waals surface area (Å²) in [5.41, 5.74) is 1.34. The summed E-state index contributed by atoms with van der Waals surface area (Å²) in [5, 5.41) is 0. The Morgan fingerprint density at radius 2 is 1.69 bits per heavy atom. The first-order valence-electron chi connectivity index (χ1n) is 9.79. The molecule has 0 spiro atoms. The lowest BCUT2D eigenvalue weighted by atomic mass is 10.1. The fourth-order valence-electron chi connectivity index (χ4n) is 3.54. The van der Waals surface area contributed by atoms with Crippen LogP contribution in [-0.4, -0.2) is 55.1 Å². The third-order valence-corrected chi connectivity index (χ3v) is 5.14. The van der Waals surface area contributed by atoms with Crippen LogP contribution in [0, 0.1) is 6.92 Å². The van der Waals surface area contributed by atoms with Gasteiger partial charge >= 0.3 is 11.7 Å². The van der Waals surface area contributed by atoms with E-state index in [0.717, 1.165) is 12.8 Å². The number of amides is 2. The normalized spacial score (nSPS) is 14.0. The summed E-state index contributed by atoms with van der Waals surface area (Å²) in [7, 11) is 1.33. The summed E-state index contributed by atoms with van der Waals surface area (Å²) in [6.07, 6.45) is 1.98. The van der Waals surface area contributed by atoms with Gasteiger partial charge in [-0.2, -0.15) is 0 Å². The van der Waals surface area contributed by atoms with Crippen LogP contribution in [0.1, 0.15) is 33.7 Å². The van der Waals surface area contributed by atoms with Crippen molar-refractivity contribution in [3.05, 3.63) is 69.3 Å². The van der Waals surface area contributed by atoms with Crippen LogP contribution in [0.5, 0.6) is 0 Å². The Hall–Kier alpha value is -3.09. The predicted molar refractivity (Wildman–Crippen MR) is 108 cm³/mol. The van der Waals surface area contributed by atoms with Crippen molar-refractivity contribution in [3.8, 4) is 0 Å². The molecule has 0 aliphatic carbocycles. The highest BCUT2D eigenvalue weighted by Crippen LogP contribution is 2.14. The molecule has 0 saturated carbocycles. The molecular formula is C22H26N2O5. The molecule has 2 heterocycles. The van der Waals surface area contributed by atoms with E-state index in [2.05, 4.69) is 12.1 Å². The quantitative estimate of drug-likeness (QED) is 0.774. The molecule has 0 bridgehead atoms. The van der Waals surface area contributed by atoms with Gasteiger partial charge in [-0.15, -0.1) is 0 Å². The van der Waals surface area contributed by atoms with Crippen molar-refractivity contribution < 1.29 is 18.7 Å². The van der Waals surface area contributed by atoms with Crippen molar-refractivity contribution >= 4 is 12.0 Å². The minimum atomic E-state index is -0.597. The molecule has 0 unspecified atom stereocenters. The zero-order valence-corrected chi connectivity index (χ0v) is 16.8. The standard InChI is InChI=1S/C22H26N2O5/c1-16-15-18(10-6-9-17-7-4-3-5-8-17)29-21(26)19(16)20(25)23-11-13-24(14-12-23)22(27)28-2/h3-5,7-8,15H,6,9-14H2,1-2H3. The number of nitrogens with zero attached hydrogens (tertiary/aromatic N) is 2. The molecule has 2 aromatic rings. The van der Waals surface area contributed by atoms with E-state index >= 15 is 0 Å². The highest BCUT2D eigenvalue weighted by Gasteiger charge is 2.28. The molecular weight excluding hydrogens is 372 g/mol. The maximum Gasteiger partial charge on any atom is 0.409 e. The zero-order chi connectivity index (χ0) is 20.8. The molecule has 1 aromatic carbocycles. The van der Waals surface area contributed by atoms with E-state index in [0.29, 0.717) is 43.9 Å². The first-order chi connectivity index (χ1) is 14.0. The molecule has 2 amide bonds. The largest absolute Gasteiger partial charge is 0.453 e. The van der Waals surface area contributed by atoms with Crippen LogP contribution in [0.4, 0.5) is 4.79 Å². The Balaban J connectivity index is 1.62. The first-order valence-corrected chi connectivity index (χ1v) is 9.79. The van der Waals surface area contributed by atoms with Crippen LogP contribution >= 0.6 is 0 Å². The average Bonchev–Trinajstić information content (AvgIpc) is 2.73. The van der Waals surface area contributed by atoms with Gasteiger partial charge in [0.05, 0.1) is 7.11 Å². The van der Waals surface area contributed by atoms with Crippen molar-refractivity contribution in [1.82, 2.24) is 9.80 Å². The van der Waals surface area contributed by atoms with E-state index in [4.69, 9.17) is 9.15 Å². The number of methoxy groups -OCH3 is 1. The number of piperazine rings is 1. The van der Waals surface area contributed by atoms with Crippen molar-refractivity contribution in [2.45, 2.75) is 26.2 Å². The molecule has 0 atom stereocenters. The SMILES string of the molecule is COC(=O)N1CCN(C(=O)c2c(C)cc(CCCc3ccccc3)oc2=O)CC1. The Morgan fingerprint density at radius 1 is 1.03 bits per heavy atom.